The van der Waals surface area contributed by atoms with Crippen molar-refractivity contribution in [2.45, 2.75) is 26.4 Å². The molecule has 0 aliphatic rings. The number of hydrogen-bond donors (Lipinski definition) is 0. The Morgan fingerprint density at radius 1 is 0.960 bits per heavy atom. The van der Waals surface area contributed by atoms with Gasteiger partial charge in [0.05, 0.1) is 13.0 Å². The van der Waals surface area contributed by atoms with Gasteiger partial charge in [-0.05, 0) is 42.8 Å². The Kier molecular flexibility index (Phi) is 5.19. The summed E-state index contributed by atoms with van der Waals surface area (Å²) in [6.45, 7) is 2.93. The number of hydrogen-bond acceptors (Lipinski definition) is 4. The highest BCUT2D eigenvalue weighted by molar-refractivity contribution is 5.27. The zero-order valence-electron chi connectivity index (χ0n) is 14.2. The molecular formula is C19H19F2N3O. The first-order valence-corrected chi connectivity index (χ1v) is 7.99. The molecular weight excluding hydrogens is 324 g/mol. The zero-order valence-corrected chi connectivity index (χ0v) is 14.2. The van der Waals surface area contributed by atoms with Gasteiger partial charge in [0.2, 0.25) is 11.8 Å². The van der Waals surface area contributed by atoms with Crippen LogP contribution in [0.15, 0.2) is 46.9 Å². The summed E-state index contributed by atoms with van der Waals surface area (Å²) in [5, 5.41) is 8.15. The van der Waals surface area contributed by atoms with E-state index in [4.69, 9.17) is 4.42 Å². The second kappa shape index (κ2) is 7.53. The molecule has 3 rings (SSSR count). The van der Waals surface area contributed by atoms with Crippen molar-refractivity contribution >= 4 is 0 Å². The van der Waals surface area contributed by atoms with E-state index in [1.807, 2.05) is 43.1 Å². The fourth-order valence-corrected chi connectivity index (χ4v) is 2.63. The maximum Gasteiger partial charge on any atom is 0.230 e. The van der Waals surface area contributed by atoms with Crippen LogP contribution < -0.4 is 0 Å². The van der Waals surface area contributed by atoms with Crippen molar-refractivity contribution in [2.75, 3.05) is 7.05 Å². The van der Waals surface area contributed by atoms with E-state index < -0.39 is 11.6 Å². The van der Waals surface area contributed by atoms with Crippen molar-refractivity contribution in [3.05, 3.63) is 82.6 Å². The molecule has 0 fully saturated rings. The normalized spacial score (nSPS) is 11.2. The number of aromatic nitrogens is 2. The standard InChI is InChI=1S/C19H19F2N3O/c1-13-5-3-4-6-15(13)10-18-22-23-19(25-18)12-24(2)11-14-7-8-16(20)17(21)9-14/h3-9H,10-12H2,1-2H3. The van der Waals surface area contributed by atoms with Crippen LogP contribution in [0.3, 0.4) is 0 Å². The van der Waals surface area contributed by atoms with E-state index in [2.05, 4.69) is 10.2 Å². The van der Waals surface area contributed by atoms with E-state index >= 15 is 0 Å². The van der Waals surface area contributed by atoms with E-state index in [-0.39, 0.29) is 0 Å². The first-order valence-electron chi connectivity index (χ1n) is 7.99. The van der Waals surface area contributed by atoms with Crippen LogP contribution in [-0.2, 0) is 19.5 Å². The summed E-state index contributed by atoms with van der Waals surface area (Å²) in [6.07, 6.45) is 0.590. The van der Waals surface area contributed by atoms with Crippen molar-refractivity contribution in [3.8, 4) is 0 Å². The lowest BCUT2D eigenvalue weighted by molar-refractivity contribution is 0.277. The summed E-state index contributed by atoms with van der Waals surface area (Å²) in [7, 11) is 1.85. The molecule has 4 nitrogen and oxygen atoms in total. The Hall–Kier alpha value is -2.60. The Labute approximate surface area is 145 Å². The molecule has 1 aromatic heterocycles. The van der Waals surface area contributed by atoms with Crippen molar-refractivity contribution < 1.29 is 13.2 Å². The number of rotatable bonds is 6. The lowest BCUT2D eigenvalue weighted by atomic mass is 10.1. The summed E-state index contributed by atoms with van der Waals surface area (Å²) < 4.78 is 31.9. The first-order chi connectivity index (χ1) is 12.0. The Morgan fingerprint density at radius 2 is 1.72 bits per heavy atom. The topological polar surface area (TPSA) is 42.2 Å². The predicted molar refractivity (Wildman–Crippen MR) is 89.8 cm³/mol. The predicted octanol–water partition coefficient (Wildman–Crippen LogP) is 3.88. The smallest absolute Gasteiger partial charge is 0.230 e. The minimum absolute atomic E-state index is 0.430. The van der Waals surface area contributed by atoms with Crippen LogP contribution >= 0.6 is 0 Å². The van der Waals surface area contributed by atoms with Crippen molar-refractivity contribution in [1.29, 1.82) is 0 Å². The molecule has 0 spiro atoms. The van der Waals surface area contributed by atoms with Gasteiger partial charge in [-0.25, -0.2) is 8.78 Å². The molecule has 0 aliphatic heterocycles. The van der Waals surface area contributed by atoms with Gasteiger partial charge in [-0.15, -0.1) is 10.2 Å². The average molecular weight is 343 g/mol. The van der Waals surface area contributed by atoms with Crippen LogP contribution in [0.5, 0.6) is 0 Å². The number of nitrogens with zero attached hydrogens (tertiary/aromatic N) is 3. The Bertz CT molecular complexity index is 863. The Morgan fingerprint density at radius 3 is 2.48 bits per heavy atom. The molecule has 25 heavy (non-hydrogen) atoms. The molecule has 0 radical (unpaired) electrons. The molecule has 0 atom stereocenters. The molecule has 2 aromatic carbocycles. The van der Waals surface area contributed by atoms with Gasteiger partial charge in [0.25, 0.3) is 0 Å². The third-order valence-electron chi connectivity index (χ3n) is 3.95. The lowest BCUT2D eigenvalue weighted by Gasteiger charge is -2.14. The van der Waals surface area contributed by atoms with Crippen LogP contribution in [0.1, 0.15) is 28.5 Å². The molecule has 0 unspecified atom stereocenters. The fourth-order valence-electron chi connectivity index (χ4n) is 2.63. The Balaban J connectivity index is 1.60. The highest BCUT2D eigenvalue weighted by Crippen LogP contribution is 2.15. The van der Waals surface area contributed by atoms with E-state index in [1.54, 1.807) is 6.07 Å². The summed E-state index contributed by atoms with van der Waals surface area (Å²) in [6, 6.07) is 11.9. The van der Waals surface area contributed by atoms with Gasteiger partial charge in [0, 0.05) is 6.54 Å². The monoisotopic (exact) mass is 343 g/mol. The van der Waals surface area contributed by atoms with Gasteiger partial charge >= 0.3 is 0 Å². The molecule has 0 bridgehead atoms. The zero-order chi connectivity index (χ0) is 17.8. The van der Waals surface area contributed by atoms with Gasteiger partial charge in [0.15, 0.2) is 11.6 Å². The minimum atomic E-state index is -0.843. The fraction of sp³-hybridized carbons (Fsp3) is 0.263. The van der Waals surface area contributed by atoms with Gasteiger partial charge in [-0.3, -0.25) is 4.90 Å². The summed E-state index contributed by atoms with van der Waals surface area (Å²) in [5.41, 5.74) is 3.01. The van der Waals surface area contributed by atoms with Gasteiger partial charge in [0.1, 0.15) is 0 Å². The molecule has 0 N–H and O–H groups in total. The van der Waals surface area contributed by atoms with Crippen LogP contribution in [0.25, 0.3) is 0 Å². The molecule has 0 aliphatic carbocycles. The molecule has 0 amide bonds. The van der Waals surface area contributed by atoms with Crippen LogP contribution in [0, 0.1) is 18.6 Å². The van der Waals surface area contributed by atoms with Crippen molar-refractivity contribution in [3.63, 3.8) is 0 Å². The van der Waals surface area contributed by atoms with Crippen LogP contribution in [-0.4, -0.2) is 22.1 Å². The lowest BCUT2D eigenvalue weighted by Crippen LogP contribution is -2.17. The number of halogens is 2. The SMILES string of the molecule is Cc1ccccc1Cc1nnc(CN(C)Cc2ccc(F)c(F)c2)o1. The average Bonchev–Trinajstić information content (AvgIpc) is 3.00. The quantitative estimate of drug-likeness (QED) is 0.681. The van der Waals surface area contributed by atoms with Gasteiger partial charge in [-0.1, -0.05) is 30.3 Å². The number of aryl methyl sites for hydroxylation is 1. The minimum Gasteiger partial charge on any atom is -0.424 e. The summed E-state index contributed by atoms with van der Waals surface area (Å²) >= 11 is 0. The van der Waals surface area contributed by atoms with Gasteiger partial charge in [-0.2, -0.15) is 0 Å². The first kappa shape index (κ1) is 17.2. The molecule has 6 heteroatoms. The molecule has 3 aromatic rings. The summed E-state index contributed by atoms with van der Waals surface area (Å²) in [4.78, 5) is 1.90. The third-order valence-corrected chi connectivity index (χ3v) is 3.95. The van der Waals surface area contributed by atoms with Crippen molar-refractivity contribution in [2.24, 2.45) is 0 Å². The highest BCUT2D eigenvalue weighted by Gasteiger charge is 2.11. The maximum atomic E-state index is 13.3. The highest BCUT2D eigenvalue weighted by atomic mass is 19.2. The van der Waals surface area contributed by atoms with Crippen LogP contribution in [0.2, 0.25) is 0 Å². The number of benzene rings is 2. The molecule has 0 saturated heterocycles. The third kappa shape index (κ3) is 4.48. The molecule has 130 valence electrons. The van der Waals surface area contributed by atoms with E-state index in [1.165, 1.54) is 11.6 Å². The summed E-state index contributed by atoms with van der Waals surface area (Å²) in [5.74, 6) is -0.632. The van der Waals surface area contributed by atoms with E-state index in [9.17, 15) is 8.78 Å². The largest absolute Gasteiger partial charge is 0.424 e. The second-order valence-corrected chi connectivity index (χ2v) is 6.11. The van der Waals surface area contributed by atoms with Crippen LogP contribution in [0.4, 0.5) is 8.78 Å². The molecule has 0 saturated carbocycles. The van der Waals surface area contributed by atoms with Gasteiger partial charge < -0.3 is 4.42 Å². The second-order valence-electron chi connectivity index (χ2n) is 6.11. The van der Waals surface area contributed by atoms with Crippen molar-refractivity contribution in [1.82, 2.24) is 15.1 Å². The van der Waals surface area contributed by atoms with E-state index in [0.29, 0.717) is 36.9 Å². The van der Waals surface area contributed by atoms with E-state index in [0.717, 1.165) is 11.6 Å². The maximum absolute atomic E-state index is 13.3. The molecule has 1 heterocycles.